The maximum absolute atomic E-state index is 12.3. The Balaban J connectivity index is 1.48. The van der Waals surface area contributed by atoms with E-state index in [4.69, 9.17) is 9.84 Å². The molecule has 0 spiro atoms. The predicted octanol–water partition coefficient (Wildman–Crippen LogP) is 3.58. The van der Waals surface area contributed by atoms with E-state index in [0.717, 1.165) is 27.6 Å². The molecule has 0 saturated heterocycles. The normalized spacial score (nSPS) is 10.8. The van der Waals surface area contributed by atoms with Gasteiger partial charge in [-0.3, -0.25) is 9.59 Å². The monoisotopic (exact) mass is 380 g/mol. The summed E-state index contributed by atoms with van der Waals surface area (Å²) in [6, 6.07) is 13.5. The van der Waals surface area contributed by atoms with Crippen LogP contribution in [0.15, 0.2) is 48.7 Å². The fourth-order valence-corrected chi connectivity index (χ4v) is 3.14. The first-order chi connectivity index (χ1) is 13.5. The van der Waals surface area contributed by atoms with Crippen LogP contribution < -0.4 is 10.1 Å². The second-order valence-electron chi connectivity index (χ2n) is 6.75. The van der Waals surface area contributed by atoms with Gasteiger partial charge in [0.1, 0.15) is 5.75 Å². The molecule has 0 radical (unpaired) electrons. The molecule has 146 valence electrons. The lowest BCUT2D eigenvalue weighted by Crippen LogP contribution is -2.24. The van der Waals surface area contributed by atoms with E-state index < -0.39 is 5.97 Å². The standard InChI is InChI=1S/C22H24N2O4/c1-15-4-2-5-19-22(15)17(14-23-19)12-20(25)24-13-16-7-9-18(10-8-16)28-11-3-6-21(26)27/h2,4-5,7-10,14,23H,3,6,11-13H2,1H3,(H,24,25)(H,26,27). The van der Waals surface area contributed by atoms with Crippen LogP contribution in [0.1, 0.15) is 29.5 Å². The van der Waals surface area contributed by atoms with E-state index >= 15 is 0 Å². The van der Waals surface area contributed by atoms with Crippen molar-refractivity contribution in [3.8, 4) is 5.75 Å². The number of H-pyrrole nitrogens is 1. The molecule has 6 heteroatoms. The fourth-order valence-electron chi connectivity index (χ4n) is 3.14. The molecule has 0 saturated carbocycles. The summed E-state index contributed by atoms with van der Waals surface area (Å²) in [5, 5.41) is 12.7. The van der Waals surface area contributed by atoms with E-state index in [-0.39, 0.29) is 12.3 Å². The Bertz CT molecular complexity index is 960. The highest BCUT2D eigenvalue weighted by Gasteiger charge is 2.10. The number of benzene rings is 2. The fraction of sp³-hybridized carbons (Fsp3) is 0.273. The molecule has 0 atom stereocenters. The molecule has 3 aromatic rings. The number of carboxylic acids is 1. The van der Waals surface area contributed by atoms with Gasteiger partial charge in [0.25, 0.3) is 0 Å². The number of aromatic nitrogens is 1. The van der Waals surface area contributed by atoms with Crippen LogP contribution >= 0.6 is 0 Å². The minimum Gasteiger partial charge on any atom is -0.494 e. The van der Waals surface area contributed by atoms with Crippen LogP contribution in [0.25, 0.3) is 10.9 Å². The number of aromatic amines is 1. The number of hydrogen-bond donors (Lipinski definition) is 3. The maximum Gasteiger partial charge on any atom is 0.303 e. The molecule has 0 bridgehead atoms. The highest BCUT2D eigenvalue weighted by atomic mass is 16.5. The van der Waals surface area contributed by atoms with E-state index in [0.29, 0.717) is 31.7 Å². The van der Waals surface area contributed by atoms with Gasteiger partial charge in [0.15, 0.2) is 0 Å². The molecule has 6 nitrogen and oxygen atoms in total. The summed E-state index contributed by atoms with van der Waals surface area (Å²) in [6.07, 6.45) is 2.80. The molecule has 0 aliphatic rings. The number of amides is 1. The van der Waals surface area contributed by atoms with Crippen molar-refractivity contribution in [2.24, 2.45) is 0 Å². The molecule has 0 unspecified atom stereocenters. The van der Waals surface area contributed by atoms with Crippen molar-refractivity contribution in [1.29, 1.82) is 0 Å². The van der Waals surface area contributed by atoms with Crippen molar-refractivity contribution < 1.29 is 19.4 Å². The third-order valence-corrected chi connectivity index (χ3v) is 4.56. The average Bonchev–Trinajstić information content (AvgIpc) is 3.08. The van der Waals surface area contributed by atoms with Gasteiger partial charge < -0.3 is 20.1 Å². The van der Waals surface area contributed by atoms with Gasteiger partial charge in [-0.15, -0.1) is 0 Å². The summed E-state index contributed by atoms with van der Waals surface area (Å²) < 4.78 is 5.51. The Kier molecular flexibility index (Phi) is 6.32. The van der Waals surface area contributed by atoms with Gasteiger partial charge in [-0.05, 0) is 48.2 Å². The highest BCUT2D eigenvalue weighted by Crippen LogP contribution is 2.22. The number of carbonyl (C=O) groups is 2. The highest BCUT2D eigenvalue weighted by molar-refractivity contribution is 5.91. The smallest absolute Gasteiger partial charge is 0.303 e. The molecule has 3 N–H and O–H groups in total. The number of rotatable bonds is 9. The number of aryl methyl sites for hydroxylation is 1. The van der Waals surface area contributed by atoms with E-state index in [1.165, 1.54) is 0 Å². The number of carboxylic acid groups (broad SMARTS) is 1. The zero-order chi connectivity index (χ0) is 19.9. The van der Waals surface area contributed by atoms with E-state index in [1.54, 1.807) is 0 Å². The van der Waals surface area contributed by atoms with Gasteiger partial charge in [0.05, 0.1) is 13.0 Å². The number of aliphatic carboxylic acids is 1. The third-order valence-electron chi connectivity index (χ3n) is 4.56. The van der Waals surface area contributed by atoms with Crippen LogP contribution in [-0.2, 0) is 22.6 Å². The SMILES string of the molecule is Cc1cccc2[nH]cc(CC(=O)NCc3ccc(OCCCC(=O)O)cc3)c12. The van der Waals surface area contributed by atoms with Crippen molar-refractivity contribution in [1.82, 2.24) is 10.3 Å². The lowest BCUT2D eigenvalue weighted by molar-refractivity contribution is -0.137. The molecule has 2 aromatic carbocycles. The van der Waals surface area contributed by atoms with E-state index in [1.807, 2.05) is 55.6 Å². The summed E-state index contributed by atoms with van der Waals surface area (Å²) in [5.41, 5.74) is 4.17. The van der Waals surface area contributed by atoms with Crippen molar-refractivity contribution in [3.05, 3.63) is 65.4 Å². The molecule has 28 heavy (non-hydrogen) atoms. The molecule has 1 heterocycles. The maximum atomic E-state index is 12.3. The molecule has 0 fully saturated rings. The van der Waals surface area contributed by atoms with Crippen LogP contribution in [0.5, 0.6) is 5.75 Å². The largest absolute Gasteiger partial charge is 0.494 e. The topological polar surface area (TPSA) is 91.4 Å². The Morgan fingerprint density at radius 3 is 2.68 bits per heavy atom. The first-order valence-electron chi connectivity index (χ1n) is 9.29. The second kappa shape index (κ2) is 9.08. The van der Waals surface area contributed by atoms with Crippen molar-refractivity contribution in [3.63, 3.8) is 0 Å². The predicted molar refractivity (Wildman–Crippen MR) is 107 cm³/mol. The molecule has 1 aromatic heterocycles. The summed E-state index contributed by atoms with van der Waals surface area (Å²) >= 11 is 0. The number of ether oxygens (including phenoxy) is 1. The summed E-state index contributed by atoms with van der Waals surface area (Å²) in [4.78, 5) is 26.0. The Labute approximate surface area is 163 Å². The second-order valence-corrected chi connectivity index (χ2v) is 6.75. The summed E-state index contributed by atoms with van der Waals surface area (Å²) in [6.45, 7) is 2.86. The van der Waals surface area contributed by atoms with Crippen molar-refractivity contribution >= 4 is 22.8 Å². The third kappa shape index (κ3) is 5.13. The summed E-state index contributed by atoms with van der Waals surface area (Å²) in [5.74, 6) is -0.162. The van der Waals surface area contributed by atoms with Gasteiger partial charge in [-0.2, -0.15) is 0 Å². The van der Waals surface area contributed by atoms with Crippen LogP contribution in [-0.4, -0.2) is 28.6 Å². The van der Waals surface area contributed by atoms with Gasteiger partial charge >= 0.3 is 5.97 Å². The van der Waals surface area contributed by atoms with Gasteiger partial charge in [-0.1, -0.05) is 24.3 Å². The number of hydrogen-bond acceptors (Lipinski definition) is 3. The van der Waals surface area contributed by atoms with Crippen molar-refractivity contribution in [2.45, 2.75) is 32.7 Å². The van der Waals surface area contributed by atoms with Crippen LogP contribution in [0.3, 0.4) is 0 Å². The lowest BCUT2D eigenvalue weighted by atomic mass is 10.1. The average molecular weight is 380 g/mol. The Morgan fingerprint density at radius 2 is 1.93 bits per heavy atom. The summed E-state index contributed by atoms with van der Waals surface area (Å²) in [7, 11) is 0. The Hall–Kier alpha value is -3.28. The Morgan fingerprint density at radius 1 is 1.14 bits per heavy atom. The van der Waals surface area contributed by atoms with Gasteiger partial charge in [-0.25, -0.2) is 0 Å². The first kappa shape index (κ1) is 19.5. The number of fused-ring (bicyclic) bond motifs is 1. The van der Waals surface area contributed by atoms with Gasteiger partial charge in [0.2, 0.25) is 5.91 Å². The molecular formula is C22H24N2O4. The lowest BCUT2D eigenvalue weighted by Gasteiger charge is -2.08. The van der Waals surface area contributed by atoms with Crippen LogP contribution in [0.2, 0.25) is 0 Å². The van der Waals surface area contributed by atoms with E-state index in [2.05, 4.69) is 10.3 Å². The van der Waals surface area contributed by atoms with Crippen molar-refractivity contribution in [2.75, 3.05) is 6.61 Å². The molecule has 0 aliphatic carbocycles. The zero-order valence-corrected chi connectivity index (χ0v) is 15.8. The van der Waals surface area contributed by atoms with Gasteiger partial charge in [0, 0.05) is 30.1 Å². The number of carbonyl (C=O) groups excluding carboxylic acids is 1. The minimum absolute atomic E-state index is 0.0295. The quantitative estimate of drug-likeness (QED) is 0.495. The molecule has 1 amide bonds. The minimum atomic E-state index is -0.822. The van der Waals surface area contributed by atoms with E-state index in [9.17, 15) is 9.59 Å². The van der Waals surface area contributed by atoms with Crippen LogP contribution in [0.4, 0.5) is 0 Å². The first-order valence-corrected chi connectivity index (χ1v) is 9.29. The number of nitrogens with one attached hydrogen (secondary N) is 2. The molecular weight excluding hydrogens is 356 g/mol. The molecule has 0 aliphatic heterocycles. The zero-order valence-electron chi connectivity index (χ0n) is 15.8. The van der Waals surface area contributed by atoms with Crippen LogP contribution in [0, 0.1) is 6.92 Å². The molecule has 3 rings (SSSR count).